The van der Waals surface area contributed by atoms with Crippen molar-refractivity contribution in [3.05, 3.63) is 34.9 Å². The van der Waals surface area contributed by atoms with Crippen LogP contribution in [0.3, 0.4) is 0 Å². The summed E-state index contributed by atoms with van der Waals surface area (Å²) < 4.78 is 0. The highest BCUT2D eigenvalue weighted by molar-refractivity contribution is 7.99. The van der Waals surface area contributed by atoms with E-state index in [9.17, 15) is 4.79 Å². The monoisotopic (exact) mass is 297 g/mol. The average Bonchev–Trinajstić information content (AvgIpc) is 2.64. The Morgan fingerprint density at radius 2 is 2.32 bits per heavy atom. The summed E-state index contributed by atoms with van der Waals surface area (Å²) in [5.74, 6) is 1.23. The maximum Gasteiger partial charge on any atom is 0.253 e. The van der Waals surface area contributed by atoms with E-state index >= 15 is 0 Å². The molecule has 1 saturated heterocycles. The second-order valence-corrected chi connectivity index (χ2v) is 6.85. The van der Waals surface area contributed by atoms with Gasteiger partial charge in [0.05, 0.1) is 0 Å². The Kier molecular flexibility index (Phi) is 5.59. The summed E-state index contributed by atoms with van der Waals surface area (Å²) in [4.78, 5) is 14.5. The van der Waals surface area contributed by atoms with Crippen molar-refractivity contribution in [1.29, 1.82) is 0 Å². The zero-order valence-corrected chi connectivity index (χ0v) is 12.8. The van der Waals surface area contributed by atoms with Crippen molar-refractivity contribution < 1.29 is 4.79 Å². The number of amides is 1. The number of thioether (sulfide) groups is 1. The summed E-state index contributed by atoms with van der Waals surface area (Å²) in [5.41, 5.74) is 0.703. The van der Waals surface area contributed by atoms with Gasteiger partial charge in [0.2, 0.25) is 0 Å². The molecule has 0 aromatic heterocycles. The highest BCUT2D eigenvalue weighted by Gasteiger charge is 2.22. The molecule has 1 aliphatic rings. The first kappa shape index (κ1) is 14.7. The Morgan fingerprint density at radius 1 is 1.47 bits per heavy atom. The van der Waals surface area contributed by atoms with Gasteiger partial charge < -0.3 is 4.90 Å². The van der Waals surface area contributed by atoms with Gasteiger partial charge in [-0.2, -0.15) is 11.8 Å². The van der Waals surface area contributed by atoms with Gasteiger partial charge in [-0.25, -0.2) is 0 Å². The zero-order chi connectivity index (χ0) is 13.7. The Bertz CT molecular complexity index is 438. The van der Waals surface area contributed by atoms with Crippen LogP contribution < -0.4 is 0 Å². The highest BCUT2D eigenvalue weighted by atomic mass is 35.5. The number of carbonyl (C=O) groups excluding carboxylic acids is 1. The zero-order valence-electron chi connectivity index (χ0n) is 11.3. The minimum absolute atomic E-state index is 0.117. The summed E-state index contributed by atoms with van der Waals surface area (Å²) in [5, 5.41) is 1.20. The van der Waals surface area contributed by atoms with Gasteiger partial charge in [-0.15, -0.1) is 0 Å². The van der Waals surface area contributed by atoms with Gasteiger partial charge in [0.15, 0.2) is 0 Å². The van der Waals surface area contributed by atoms with Crippen molar-refractivity contribution >= 4 is 29.3 Å². The summed E-state index contributed by atoms with van der Waals surface area (Å²) in [6.45, 7) is 3.91. The summed E-state index contributed by atoms with van der Waals surface area (Å²) >= 11 is 7.93. The molecule has 1 fully saturated rings. The van der Waals surface area contributed by atoms with E-state index in [2.05, 4.69) is 6.92 Å². The lowest BCUT2D eigenvalue weighted by molar-refractivity contribution is 0.0763. The predicted molar refractivity (Wildman–Crippen MR) is 83.1 cm³/mol. The molecule has 1 aliphatic heterocycles. The van der Waals surface area contributed by atoms with E-state index in [1.807, 2.05) is 28.8 Å². The van der Waals surface area contributed by atoms with E-state index in [0.717, 1.165) is 25.3 Å². The number of hydrogen-bond acceptors (Lipinski definition) is 2. The normalized spacial score (nSPS) is 20.1. The van der Waals surface area contributed by atoms with E-state index < -0.39 is 0 Å². The molecule has 0 spiro atoms. The number of hydrogen-bond donors (Lipinski definition) is 0. The SMILES string of the molecule is CCSC1CCCCN(C(=O)c2cccc(Cl)c2)C1. The lowest BCUT2D eigenvalue weighted by atomic mass is 10.2. The molecular weight excluding hydrogens is 278 g/mol. The molecule has 4 heteroatoms. The molecule has 1 aromatic carbocycles. The smallest absolute Gasteiger partial charge is 0.253 e. The molecule has 2 rings (SSSR count). The van der Waals surface area contributed by atoms with Gasteiger partial charge in [0.25, 0.3) is 5.91 Å². The van der Waals surface area contributed by atoms with E-state index in [1.165, 1.54) is 12.8 Å². The number of halogens is 1. The molecule has 0 saturated carbocycles. The Morgan fingerprint density at radius 3 is 3.05 bits per heavy atom. The van der Waals surface area contributed by atoms with Gasteiger partial charge in [0.1, 0.15) is 0 Å². The largest absolute Gasteiger partial charge is 0.338 e. The summed E-state index contributed by atoms with van der Waals surface area (Å²) in [6.07, 6.45) is 3.54. The quantitative estimate of drug-likeness (QED) is 0.837. The maximum atomic E-state index is 12.5. The van der Waals surface area contributed by atoms with Crippen LogP contribution in [0.5, 0.6) is 0 Å². The molecule has 1 amide bonds. The van der Waals surface area contributed by atoms with Crippen LogP contribution in [0.2, 0.25) is 5.02 Å². The number of benzene rings is 1. The lowest BCUT2D eigenvalue weighted by Crippen LogP contribution is -2.35. The molecule has 0 bridgehead atoms. The second kappa shape index (κ2) is 7.20. The van der Waals surface area contributed by atoms with Crippen LogP contribution in [0.15, 0.2) is 24.3 Å². The van der Waals surface area contributed by atoms with E-state index in [4.69, 9.17) is 11.6 Å². The van der Waals surface area contributed by atoms with Crippen LogP contribution >= 0.6 is 23.4 Å². The first-order chi connectivity index (χ1) is 9.20. The van der Waals surface area contributed by atoms with Crippen LogP contribution in [0.25, 0.3) is 0 Å². The van der Waals surface area contributed by atoms with Crippen LogP contribution in [-0.2, 0) is 0 Å². The predicted octanol–water partition coefficient (Wildman–Crippen LogP) is 4.09. The van der Waals surface area contributed by atoms with Crippen molar-refractivity contribution in [1.82, 2.24) is 4.90 Å². The van der Waals surface area contributed by atoms with Crippen LogP contribution in [0, 0.1) is 0 Å². The number of likely N-dealkylation sites (tertiary alicyclic amines) is 1. The number of rotatable bonds is 3. The molecule has 0 aliphatic carbocycles. The Labute approximate surface area is 124 Å². The van der Waals surface area contributed by atoms with Crippen molar-refractivity contribution in [2.45, 2.75) is 31.4 Å². The first-order valence-corrected chi connectivity index (χ1v) is 8.30. The van der Waals surface area contributed by atoms with Crippen molar-refractivity contribution in [2.24, 2.45) is 0 Å². The van der Waals surface area contributed by atoms with Gasteiger partial charge in [-0.05, 0) is 36.8 Å². The van der Waals surface area contributed by atoms with Crippen molar-refractivity contribution in [3.8, 4) is 0 Å². The molecular formula is C15H20ClNOS. The molecule has 0 N–H and O–H groups in total. The van der Waals surface area contributed by atoms with Crippen LogP contribution in [0.4, 0.5) is 0 Å². The van der Waals surface area contributed by atoms with E-state index in [-0.39, 0.29) is 5.91 Å². The van der Waals surface area contributed by atoms with Crippen molar-refractivity contribution in [2.75, 3.05) is 18.8 Å². The molecule has 2 nitrogen and oxygen atoms in total. The molecule has 19 heavy (non-hydrogen) atoms. The summed E-state index contributed by atoms with van der Waals surface area (Å²) in [6, 6.07) is 7.25. The molecule has 104 valence electrons. The lowest BCUT2D eigenvalue weighted by Gasteiger charge is -2.24. The average molecular weight is 298 g/mol. The third-order valence-corrected chi connectivity index (χ3v) is 4.81. The fraction of sp³-hybridized carbons (Fsp3) is 0.533. The number of carbonyl (C=O) groups is 1. The fourth-order valence-electron chi connectivity index (χ4n) is 2.46. The van der Waals surface area contributed by atoms with Gasteiger partial charge in [0, 0.05) is 28.9 Å². The maximum absolute atomic E-state index is 12.5. The van der Waals surface area contributed by atoms with Gasteiger partial charge >= 0.3 is 0 Å². The Hall–Kier alpha value is -0.670. The standard InChI is InChI=1S/C15H20ClNOS/c1-2-19-14-8-3-4-9-17(11-14)15(18)12-6-5-7-13(16)10-12/h5-7,10,14H,2-4,8-9,11H2,1H3. The summed E-state index contributed by atoms with van der Waals surface area (Å²) in [7, 11) is 0. The second-order valence-electron chi connectivity index (χ2n) is 4.83. The molecule has 1 atom stereocenters. The molecule has 0 radical (unpaired) electrons. The van der Waals surface area contributed by atoms with E-state index in [1.54, 1.807) is 12.1 Å². The topological polar surface area (TPSA) is 20.3 Å². The third kappa shape index (κ3) is 4.15. The highest BCUT2D eigenvalue weighted by Crippen LogP contribution is 2.23. The van der Waals surface area contributed by atoms with Gasteiger partial charge in [-0.3, -0.25) is 4.79 Å². The van der Waals surface area contributed by atoms with Crippen LogP contribution in [0.1, 0.15) is 36.5 Å². The van der Waals surface area contributed by atoms with Crippen LogP contribution in [-0.4, -0.2) is 34.9 Å². The minimum atomic E-state index is 0.117. The minimum Gasteiger partial charge on any atom is -0.338 e. The first-order valence-electron chi connectivity index (χ1n) is 6.87. The van der Waals surface area contributed by atoms with E-state index in [0.29, 0.717) is 15.8 Å². The van der Waals surface area contributed by atoms with Gasteiger partial charge in [-0.1, -0.05) is 31.0 Å². The van der Waals surface area contributed by atoms with Crippen molar-refractivity contribution in [3.63, 3.8) is 0 Å². The molecule has 1 aromatic rings. The fourth-order valence-corrected chi connectivity index (χ4v) is 3.74. The Balaban J connectivity index is 2.08. The third-order valence-electron chi connectivity index (χ3n) is 3.39. The number of nitrogens with zero attached hydrogens (tertiary/aromatic N) is 1. The molecule has 1 heterocycles. The molecule has 1 unspecified atom stereocenters.